The Labute approximate surface area is 116 Å². The van der Waals surface area contributed by atoms with Gasteiger partial charge in [0.15, 0.2) is 0 Å². The SMILES string of the molecule is CN(C)S(=O)(=O)CCCN1CCC(C)(C(N)=O)CC1. The maximum Gasteiger partial charge on any atom is 0.223 e. The van der Waals surface area contributed by atoms with Crippen LogP contribution in [-0.2, 0) is 14.8 Å². The molecule has 1 aliphatic rings. The molecule has 1 rings (SSSR count). The summed E-state index contributed by atoms with van der Waals surface area (Å²) >= 11 is 0. The molecule has 2 N–H and O–H groups in total. The number of nitrogens with zero attached hydrogens (tertiary/aromatic N) is 2. The van der Waals surface area contributed by atoms with E-state index in [9.17, 15) is 13.2 Å². The minimum absolute atomic E-state index is 0.170. The van der Waals surface area contributed by atoms with Crippen LogP contribution >= 0.6 is 0 Å². The Morgan fingerprint density at radius 3 is 2.26 bits per heavy atom. The fourth-order valence-corrected chi connectivity index (χ4v) is 3.03. The summed E-state index contributed by atoms with van der Waals surface area (Å²) in [6, 6.07) is 0. The molecule has 1 fully saturated rings. The Balaban J connectivity index is 2.33. The highest BCUT2D eigenvalue weighted by Crippen LogP contribution is 2.30. The summed E-state index contributed by atoms with van der Waals surface area (Å²) in [6.07, 6.45) is 2.12. The van der Waals surface area contributed by atoms with E-state index in [1.54, 1.807) is 14.1 Å². The Bertz CT molecular complexity index is 412. The Morgan fingerprint density at radius 1 is 1.32 bits per heavy atom. The third-order valence-electron chi connectivity index (χ3n) is 3.99. The summed E-state index contributed by atoms with van der Waals surface area (Å²) in [6.45, 7) is 4.27. The van der Waals surface area contributed by atoms with Gasteiger partial charge in [-0.15, -0.1) is 0 Å². The smallest absolute Gasteiger partial charge is 0.223 e. The van der Waals surface area contributed by atoms with E-state index in [0.717, 1.165) is 32.5 Å². The van der Waals surface area contributed by atoms with Gasteiger partial charge < -0.3 is 10.6 Å². The van der Waals surface area contributed by atoms with Crippen molar-refractivity contribution in [2.75, 3.05) is 39.5 Å². The summed E-state index contributed by atoms with van der Waals surface area (Å²) < 4.78 is 24.5. The van der Waals surface area contributed by atoms with Crippen molar-refractivity contribution in [3.63, 3.8) is 0 Å². The molecule has 0 bridgehead atoms. The molecule has 0 radical (unpaired) electrons. The summed E-state index contributed by atoms with van der Waals surface area (Å²) in [5, 5.41) is 0. The van der Waals surface area contributed by atoms with Gasteiger partial charge in [0.1, 0.15) is 0 Å². The predicted molar refractivity (Wildman–Crippen MR) is 75.1 cm³/mol. The highest BCUT2D eigenvalue weighted by atomic mass is 32.2. The number of amides is 1. The highest BCUT2D eigenvalue weighted by molar-refractivity contribution is 7.89. The molecular formula is C12H25N3O3S. The predicted octanol–water partition coefficient (Wildman–Crippen LogP) is -0.145. The summed E-state index contributed by atoms with van der Waals surface area (Å²) in [7, 11) is -0.00249. The molecule has 0 aromatic rings. The van der Waals surface area contributed by atoms with Gasteiger partial charge in [-0.3, -0.25) is 4.79 Å². The topological polar surface area (TPSA) is 83.7 Å². The van der Waals surface area contributed by atoms with Crippen LogP contribution in [0.2, 0.25) is 0 Å². The quantitative estimate of drug-likeness (QED) is 0.738. The lowest BCUT2D eigenvalue weighted by atomic mass is 9.80. The van der Waals surface area contributed by atoms with E-state index in [1.807, 2.05) is 6.92 Å². The average molecular weight is 291 g/mol. The molecule has 0 spiro atoms. The van der Waals surface area contributed by atoms with Crippen molar-refractivity contribution < 1.29 is 13.2 Å². The molecular weight excluding hydrogens is 266 g/mol. The number of carbonyl (C=O) groups is 1. The van der Waals surface area contributed by atoms with Gasteiger partial charge in [-0.25, -0.2) is 12.7 Å². The Hall–Kier alpha value is -0.660. The molecule has 0 aliphatic carbocycles. The number of hydrogen-bond donors (Lipinski definition) is 1. The van der Waals surface area contributed by atoms with Crippen molar-refractivity contribution in [2.45, 2.75) is 26.2 Å². The summed E-state index contributed by atoms with van der Waals surface area (Å²) in [5.41, 5.74) is 5.00. The van der Waals surface area contributed by atoms with E-state index in [2.05, 4.69) is 4.90 Å². The first kappa shape index (κ1) is 16.4. The van der Waals surface area contributed by atoms with Crippen LogP contribution < -0.4 is 5.73 Å². The van der Waals surface area contributed by atoms with Gasteiger partial charge >= 0.3 is 0 Å². The normalized spacial score (nSPS) is 20.6. The Kier molecular flexibility index (Phi) is 5.34. The summed E-state index contributed by atoms with van der Waals surface area (Å²) in [4.78, 5) is 13.5. The minimum atomic E-state index is -3.10. The molecule has 1 saturated heterocycles. The maximum absolute atomic E-state index is 11.6. The zero-order chi connectivity index (χ0) is 14.7. The van der Waals surface area contributed by atoms with Crippen LogP contribution in [0.3, 0.4) is 0 Å². The van der Waals surface area contributed by atoms with Crippen LogP contribution in [0.25, 0.3) is 0 Å². The number of piperidine rings is 1. The fourth-order valence-electron chi connectivity index (χ4n) is 2.17. The standard InChI is InChI=1S/C12H25N3O3S/c1-12(11(13)16)5-8-15(9-6-12)7-4-10-19(17,18)14(2)3/h4-10H2,1-3H3,(H2,13,16). The highest BCUT2D eigenvalue weighted by Gasteiger charge is 2.34. The molecule has 1 amide bonds. The van der Waals surface area contributed by atoms with E-state index >= 15 is 0 Å². The molecule has 19 heavy (non-hydrogen) atoms. The largest absolute Gasteiger partial charge is 0.369 e. The molecule has 0 aromatic carbocycles. The first-order valence-electron chi connectivity index (χ1n) is 6.60. The molecule has 1 aliphatic heterocycles. The van der Waals surface area contributed by atoms with Crippen molar-refractivity contribution >= 4 is 15.9 Å². The number of carbonyl (C=O) groups excluding carboxylic acids is 1. The second kappa shape index (κ2) is 6.19. The van der Waals surface area contributed by atoms with E-state index in [0.29, 0.717) is 6.42 Å². The van der Waals surface area contributed by atoms with Gasteiger partial charge in [0.2, 0.25) is 15.9 Å². The first-order chi connectivity index (χ1) is 8.67. The minimum Gasteiger partial charge on any atom is -0.369 e. The van der Waals surface area contributed by atoms with Crippen LogP contribution in [0, 0.1) is 5.41 Å². The molecule has 0 saturated carbocycles. The number of nitrogens with two attached hydrogens (primary N) is 1. The third-order valence-corrected chi connectivity index (χ3v) is 5.90. The van der Waals surface area contributed by atoms with Crippen LogP contribution in [0.15, 0.2) is 0 Å². The van der Waals surface area contributed by atoms with Crippen molar-refractivity contribution in [3.8, 4) is 0 Å². The molecule has 112 valence electrons. The monoisotopic (exact) mass is 291 g/mol. The second-order valence-corrected chi connectivity index (χ2v) is 8.02. The van der Waals surface area contributed by atoms with E-state index in [1.165, 1.54) is 4.31 Å². The third kappa shape index (κ3) is 4.43. The number of primary amides is 1. The molecule has 0 atom stereocenters. The van der Waals surface area contributed by atoms with E-state index < -0.39 is 15.4 Å². The van der Waals surface area contributed by atoms with Crippen molar-refractivity contribution in [3.05, 3.63) is 0 Å². The first-order valence-corrected chi connectivity index (χ1v) is 8.21. The zero-order valence-corrected chi connectivity index (χ0v) is 12.9. The average Bonchev–Trinajstić information content (AvgIpc) is 2.31. The molecule has 6 nitrogen and oxygen atoms in total. The molecule has 7 heteroatoms. The van der Waals surface area contributed by atoms with Gasteiger partial charge in [-0.1, -0.05) is 6.92 Å². The van der Waals surface area contributed by atoms with Crippen molar-refractivity contribution in [1.82, 2.24) is 9.21 Å². The molecule has 1 heterocycles. The van der Waals surface area contributed by atoms with Crippen molar-refractivity contribution in [1.29, 1.82) is 0 Å². The summed E-state index contributed by atoms with van der Waals surface area (Å²) in [5.74, 6) is -0.0637. The number of hydrogen-bond acceptors (Lipinski definition) is 4. The van der Waals surface area contributed by atoms with Gasteiger partial charge in [0.25, 0.3) is 0 Å². The van der Waals surface area contributed by atoms with Crippen LogP contribution in [-0.4, -0.2) is 63.0 Å². The van der Waals surface area contributed by atoms with Gasteiger partial charge in [0, 0.05) is 19.5 Å². The van der Waals surface area contributed by atoms with Crippen LogP contribution in [0.4, 0.5) is 0 Å². The maximum atomic E-state index is 11.6. The number of likely N-dealkylation sites (tertiary alicyclic amines) is 1. The number of rotatable bonds is 6. The van der Waals surface area contributed by atoms with Gasteiger partial charge in [-0.05, 0) is 38.9 Å². The van der Waals surface area contributed by atoms with Crippen molar-refractivity contribution in [2.24, 2.45) is 11.1 Å². The van der Waals surface area contributed by atoms with E-state index in [-0.39, 0.29) is 11.7 Å². The fraction of sp³-hybridized carbons (Fsp3) is 0.917. The molecule has 0 aromatic heterocycles. The zero-order valence-electron chi connectivity index (χ0n) is 12.1. The Morgan fingerprint density at radius 2 is 1.84 bits per heavy atom. The lowest BCUT2D eigenvalue weighted by Gasteiger charge is -2.37. The van der Waals surface area contributed by atoms with Gasteiger partial charge in [-0.2, -0.15) is 0 Å². The lowest BCUT2D eigenvalue weighted by Crippen LogP contribution is -2.45. The van der Waals surface area contributed by atoms with E-state index in [4.69, 9.17) is 5.73 Å². The van der Waals surface area contributed by atoms with Crippen LogP contribution in [0.5, 0.6) is 0 Å². The second-order valence-electron chi connectivity index (χ2n) is 5.72. The lowest BCUT2D eigenvalue weighted by molar-refractivity contribution is -0.129. The number of sulfonamides is 1. The van der Waals surface area contributed by atoms with Crippen LogP contribution in [0.1, 0.15) is 26.2 Å². The van der Waals surface area contributed by atoms with Gasteiger partial charge in [0.05, 0.1) is 5.75 Å². The molecule has 0 unspecified atom stereocenters.